The minimum absolute atomic E-state index is 0.354. The van der Waals surface area contributed by atoms with E-state index < -0.39 is 4.93 Å². The molecule has 2 aliphatic rings. The van der Waals surface area contributed by atoms with Gasteiger partial charge in [0.2, 0.25) is 0 Å². The van der Waals surface area contributed by atoms with Gasteiger partial charge in [-0.1, -0.05) is 18.2 Å². The first-order chi connectivity index (χ1) is 5.23. The van der Waals surface area contributed by atoms with Crippen LogP contribution >= 0.6 is 43.3 Å². The van der Waals surface area contributed by atoms with Gasteiger partial charge in [-0.15, -0.1) is 11.8 Å². The van der Waals surface area contributed by atoms with Gasteiger partial charge in [0.1, 0.15) is 4.93 Å². The minimum Gasteiger partial charge on any atom is -0.374 e. The van der Waals surface area contributed by atoms with E-state index in [9.17, 15) is 5.11 Å². The van der Waals surface area contributed by atoms with Crippen LogP contribution in [0.2, 0.25) is 0 Å². The van der Waals surface area contributed by atoms with E-state index in [4.69, 9.17) is 0 Å². The quantitative estimate of drug-likeness (QED) is 0.645. The van der Waals surface area contributed by atoms with Gasteiger partial charge in [0.15, 0.2) is 0 Å². The van der Waals surface area contributed by atoms with Gasteiger partial charge < -0.3 is 5.11 Å². The SMILES string of the molecule is ClSCl.OC12C=CC=CC1S2. The van der Waals surface area contributed by atoms with E-state index in [1.165, 1.54) is 0 Å². The largest absolute Gasteiger partial charge is 0.374 e. The van der Waals surface area contributed by atoms with Crippen molar-refractivity contribution < 1.29 is 5.11 Å². The molecule has 11 heavy (non-hydrogen) atoms. The Morgan fingerprint density at radius 1 is 1.45 bits per heavy atom. The summed E-state index contributed by atoms with van der Waals surface area (Å²) in [6, 6.07) is 0. The fourth-order valence-corrected chi connectivity index (χ4v) is 1.66. The molecule has 0 aromatic carbocycles. The van der Waals surface area contributed by atoms with E-state index in [1.807, 2.05) is 24.3 Å². The van der Waals surface area contributed by atoms with Crippen molar-refractivity contribution in [3.63, 3.8) is 0 Å². The molecule has 2 rings (SSSR count). The summed E-state index contributed by atoms with van der Waals surface area (Å²) in [6.45, 7) is 0. The Labute approximate surface area is 82.8 Å². The maximum atomic E-state index is 9.27. The van der Waals surface area contributed by atoms with Crippen LogP contribution in [0.25, 0.3) is 0 Å². The summed E-state index contributed by atoms with van der Waals surface area (Å²) >= 11 is 1.58. The number of aliphatic hydroxyl groups is 1. The van der Waals surface area contributed by atoms with Crippen molar-refractivity contribution in [1.29, 1.82) is 0 Å². The second kappa shape index (κ2) is 4.10. The standard InChI is InChI=1S/C6H6OS.Cl2S/c7-6-4-2-1-3-5(6)8-6;1-3-2/h1-5,7H;. The van der Waals surface area contributed by atoms with Gasteiger partial charge in [-0.2, -0.15) is 0 Å². The maximum absolute atomic E-state index is 9.27. The Kier molecular flexibility index (Phi) is 3.65. The Bertz CT molecular complexity index is 195. The average Bonchev–Trinajstić information content (AvgIpc) is 2.61. The van der Waals surface area contributed by atoms with Crippen LogP contribution in [0.4, 0.5) is 0 Å². The molecule has 0 saturated carbocycles. The lowest BCUT2D eigenvalue weighted by Gasteiger charge is -1.98. The Balaban J connectivity index is 0.000000179. The third-order valence-corrected chi connectivity index (χ3v) is 2.68. The minimum atomic E-state index is -0.505. The van der Waals surface area contributed by atoms with Crippen LogP contribution in [0, 0.1) is 0 Å². The van der Waals surface area contributed by atoms with Gasteiger partial charge >= 0.3 is 0 Å². The highest BCUT2D eigenvalue weighted by atomic mass is 36.0. The molecule has 0 aromatic heterocycles. The molecule has 1 aliphatic heterocycles. The molecule has 62 valence electrons. The van der Waals surface area contributed by atoms with Gasteiger partial charge in [-0.3, -0.25) is 0 Å². The smallest absolute Gasteiger partial charge is 0.145 e. The molecule has 0 radical (unpaired) electrons. The monoisotopic (exact) mass is 228 g/mol. The molecule has 1 N–H and O–H groups in total. The molecular weight excluding hydrogens is 223 g/mol. The zero-order valence-corrected chi connectivity index (χ0v) is 8.55. The van der Waals surface area contributed by atoms with E-state index in [-0.39, 0.29) is 0 Å². The molecular formula is C6H6Cl2OS2. The molecule has 1 nitrogen and oxygen atoms in total. The first kappa shape index (κ1) is 9.81. The topological polar surface area (TPSA) is 20.2 Å². The lowest BCUT2D eigenvalue weighted by Crippen LogP contribution is -2.08. The summed E-state index contributed by atoms with van der Waals surface area (Å²) in [4.78, 5) is -0.505. The molecule has 1 saturated heterocycles. The second-order valence-electron chi connectivity index (χ2n) is 2.09. The summed E-state index contributed by atoms with van der Waals surface area (Å²) in [5.74, 6) is 0. The van der Waals surface area contributed by atoms with E-state index in [0.717, 1.165) is 0 Å². The predicted molar refractivity (Wildman–Crippen MR) is 53.9 cm³/mol. The third kappa shape index (κ3) is 2.60. The molecule has 1 fully saturated rings. The summed E-state index contributed by atoms with van der Waals surface area (Å²) in [6.07, 6.45) is 7.71. The normalized spacial score (nSPS) is 37.2. The van der Waals surface area contributed by atoms with Crippen molar-refractivity contribution in [1.82, 2.24) is 0 Å². The van der Waals surface area contributed by atoms with Crippen molar-refractivity contribution in [2.24, 2.45) is 0 Å². The molecule has 0 amide bonds. The Hall–Kier alpha value is 0.720. The van der Waals surface area contributed by atoms with Crippen molar-refractivity contribution in [2.45, 2.75) is 10.2 Å². The molecule has 1 aliphatic carbocycles. The number of fused-ring (bicyclic) bond motifs is 1. The molecule has 0 spiro atoms. The molecule has 2 atom stereocenters. The van der Waals surface area contributed by atoms with E-state index in [1.54, 1.807) is 11.8 Å². The molecule has 0 bridgehead atoms. The zero-order chi connectivity index (χ0) is 8.32. The average molecular weight is 229 g/mol. The zero-order valence-electron chi connectivity index (χ0n) is 5.41. The number of allylic oxidation sites excluding steroid dienone is 2. The highest BCUT2D eigenvalue weighted by Gasteiger charge is 2.51. The molecule has 0 aromatic rings. The number of thioether (sulfide) groups is 1. The summed E-state index contributed by atoms with van der Waals surface area (Å²) in [7, 11) is 10.1. The number of rotatable bonds is 0. The van der Waals surface area contributed by atoms with E-state index in [2.05, 4.69) is 21.4 Å². The van der Waals surface area contributed by atoms with Crippen molar-refractivity contribution >= 4 is 43.3 Å². The van der Waals surface area contributed by atoms with Crippen LogP contribution < -0.4 is 0 Å². The van der Waals surface area contributed by atoms with Crippen molar-refractivity contribution in [3.8, 4) is 0 Å². The van der Waals surface area contributed by atoms with Crippen LogP contribution in [0.3, 0.4) is 0 Å². The lowest BCUT2D eigenvalue weighted by atomic mass is 10.1. The van der Waals surface area contributed by atoms with Crippen molar-refractivity contribution in [3.05, 3.63) is 24.3 Å². The lowest BCUT2D eigenvalue weighted by molar-refractivity contribution is 0.228. The van der Waals surface area contributed by atoms with E-state index in [0.29, 0.717) is 15.4 Å². The summed E-state index contributed by atoms with van der Waals surface area (Å²) < 4.78 is 0. The van der Waals surface area contributed by atoms with Crippen LogP contribution in [0.1, 0.15) is 0 Å². The Morgan fingerprint density at radius 3 is 2.45 bits per heavy atom. The molecule has 1 heterocycles. The third-order valence-electron chi connectivity index (χ3n) is 1.40. The first-order valence-electron chi connectivity index (χ1n) is 2.88. The van der Waals surface area contributed by atoms with Crippen molar-refractivity contribution in [2.75, 3.05) is 0 Å². The maximum Gasteiger partial charge on any atom is 0.145 e. The predicted octanol–water partition coefficient (Wildman–Crippen LogP) is 2.94. The van der Waals surface area contributed by atoms with Crippen LogP contribution in [0.5, 0.6) is 0 Å². The molecule has 5 heteroatoms. The van der Waals surface area contributed by atoms with Crippen LogP contribution in [0.15, 0.2) is 24.3 Å². The number of hydrogen-bond acceptors (Lipinski definition) is 3. The van der Waals surface area contributed by atoms with Gasteiger partial charge in [0, 0.05) is 0 Å². The summed E-state index contributed by atoms with van der Waals surface area (Å²) in [5.41, 5.74) is 0. The van der Waals surface area contributed by atoms with Crippen LogP contribution in [-0.2, 0) is 0 Å². The van der Waals surface area contributed by atoms with Crippen LogP contribution in [-0.4, -0.2) is 15.3 Å². The van der Waals surface area contributed by atoms with Gasteiger partial charge in [0.05, 0.1) is 15.4 Å². The number of halogens is 2. The molecule has 2 unspecified atom stereocenters. The van der Waals surface area contributed by atoms with E-state index >= 15 is 0 Å². The summed E-state index contributed by atoms with van der Waals surface area (Å²) in [5, 5.41) is 9.63. The highest BCUT2D eigenvalue weighted by molar-refractivity contribution is 8.38. The first-order valence-corrected chi connectivity index (χ1v) is 6.23. The fourth-order valence-electron chi connectivity index (χ4n) is 0.839. The Morgan fingerprint density at radius 2 is 2.09 bits per heavy atom. The van der Waals surface area contributed by atoms with Gasteiger partial charge in [0.25, 0.3) is 0 Å². The number of hydrogen-bond donors (Lipinski definition) is 1. The fraction of sp³-hybridized carbons (Fsp3) is 0.333. The van der Waals surface area contributed by atoms with Gasteiger partial charge in [-0.25, -0.2) is 0 Å². The second-order valence-corrected chi connectivity index (χ2v) is 5.01. The highest BCUT2D eigenvalue weighted by Crippen LogP contribution is 2.54. The van der Waals surface area contributed by atoms with Gasteiger partial charge in [-0.05, 0) is 27.4 Å².